The lowest BCUT2D eigenvalue weighted by Crippen LogP contribution is -2.37. The molecule has 2 aromatic rings. The number of ether oxygens (including phenoxy) is 1. The second-order valence-corrected chi connectivity index (χ2v) is 5.01. The average Bonchev–Trinajstić information content (AvgIpc) is 2.49. The van der Waals surface area contributed by atoms with Crippen molar-refractivity contribution in [2.24, 2.45) is 0 Å². The molecule has 3 heterocycles. The fraction of sp³-hybridized carbons (Fsp3) is 0.364. The monoisotopic (exact) mass is 291 g/mol. The van der Waals surface area contributed by atoms with Crippen LogP contribution in [0, 0.1) is 0 Å². The number of morpholine rings is 1. The lowest BCUT2D eigenvalue weighted by atomic mass is 10.4. The summed E-state index contributed by atoms with van der Waals surface area (Å²) in [5, 5.41) is 1.29. The highest BCUT2D eigenvalue weighted by Crippen LogP contribution is 2.24. The van der Waals surface area contributed by atoms with E-state index in [0.29, 0.717) is 24.3 Å². The first-order chi connectivity index (χ1) is 9.81. The maximum atomic E-state index is 5.75. The predicted molar refractivity (Wildman–Crippen MR) is 73.4 cm³/mol. The molecule has 3 rings (SSSR count). The molecule has 0 spiro atoms. The number of rotatable bonds is 3. The Balaban J connectivity index is 1.82. The molecule has 20 heavy (non-hydrogen) atoms. The van der Waals surface area contributed by atoms with Crippen molar-refractivity contribution in [2.45, 2.75) is 10.2 Å². The molecule has 2 N–H and O–H groups in total. The summed E-state index contributed by atoms with van der Waals surface area (Å²) in [6.45, 7) is 2.84. The topological polar surface area (TPSA) is 103 Å². The summed E-state index contributed by atoms with van der Waals surface area (Å²) >= 11 is 1.33. The molecule has 0 aliphatic carbocycles. The van der Waals surface area contributed by atoms with Gasteiger partial charge in [0.05, 0.1) is 13.2 Å². The number of nitrogens with two attached hydrogens (primary N) is 1. The minimum Gasteiger partial charge on any atom is -0.378 e. The lowest BCUT2D eigenvalue weighted by Gasteiger charge is -2.26. The van der Waals surface area contributed by atoms with E-state index in [0.717, 1.165) is 18.1 Å². The molecule has 1 saturated heterocycles. The first-order valence-electron chi connectivity index (χ1n) is 6.09. The van der Waals surface area contributed by atoms with Crippen LogP contribution in [0.4, 0.5) is 11.9 Å². The zero-order chi connectivity index (χ0) is 13.8. The highest BCUT2D eigenvalue weighted by Gasteiger charge is 2.16. The largest absolute Gasteiger partial charge is 0.378 e. The molecule has 0 saturated carbocycles. The lowest BCUT2D eigenvalue weighted by molar-refractivity contribution is 0.122. The summed E-state index contributed by atoms with van der Waals surface area (Å²) in [6.07, 6.45) is 3.15. The van der Waals surface area contributed by atoms with Gasteiger partial charge in [0.1, 0.15) is 11.4 Å². The van der Waals surface area contributed by atoms with Crippen LogP contribution in [0.3, 0.4) is 0 Å². The Kier molecular flexibility index (Phi) is 3.88. The number of nitrogens with zero attached hydrogens (tertiary/aromatic N) is 6. The first-order valence-corrected chi connectivity index (χ1v) is 6.91. The van der Waals surface area contributed by atoms with Crippen LogP contribution in [0.25, 0.3) is 0 Å². The Morgan fingerprint density at radius 3 is 2.80 bits per heavy atom. The Hall–Kier alpha value is -2.00. The molecule has 9 heteroatoms. The normalized spacial score (nSPS) is 15.3. The van der Waals surface area contributed by atoms with Crippen molar-refractivity contribution in [1.82, 2.24) is 24.9 Å². The van der Waals surface area contributed by atoms with E-state index in [1.807, 2.05) is 4.90 Å². The molecule has 0 amide bonds. The smallest absolute Gasteiger partial charge is 0.231 e. The number of aromatic nitrogens is 5. The van der Waals surface area contributed by atoms with Crippen LogP contribution in [-0.2, 0) is 4.74 Å². The van der Waals surface area contributed by atoms with Gasteiger partial charge in [-0.15, -0.1) is 0 Å². The Morgan fingerprint density at radius 2 is 2.05 bits per heavy atom. The van der Waals surface area contributed by atoms with Gasteiger partial charge in [-0.2, -0.15) is 15.0 Å². The van der Waals surface area contributed by atoms with Crippen LogP contribution >= 0.6 is 11.8 Å². The second kappa shape index (κ2) is 5.97. The highest BCUT2D eigenvalue weighted by molar-refractivity contribution is 7.99. The van der Waals surface area contributed by atoms with E-state index in [4.69, 9.17) is 10.5 Å². The van der Waals surface area contributed by atoms with Gasteiger partial charge >= 0.3 is 0 Å². The van der Waals surface area contributed by atoms with Crippen LogP contribution in [0.15, 0.2) is 28.8 Å². The number of nitrogen functional groups attached to an aromatic ring is 1. The van der Waals surface area contributed by atoms with E-state index in [9.17, 15) is 0 Å². The van der Waals surface area contributed by atoms with E-state index in [2.05, 4.69) is 24.9 Å². The Morgan fingerprint density at radius 1 is 1.20 bits per heavy atom. The maximum absolute atomic E-state index is 5.75. The standard InChI is InChI=1S/C11H13N7OS/c12-9-15-10(18-3-5-19-6-4-18)17-11(16-9)20-8-1-2-13-7-14-8/h1-2,7H,3-6H2,(H2,12,15,16,17). The summed E-state index contributed by atoms with van der Waals surface area (Å²) in [5.74, 6) is 0.787. The van der Waals surface area contributed by atoms with Gasteiger partial charge in [-0.1, -0.05) is 0 Å². The molecule has 2 aromatic heterocycles. The van der Waals surface area contributed by atoms with E-state index < -0.39 is 0 Å². The molecule has 1 aliphatic rings. The Labute approximate surface area is 119 Å². The van der Waals surface area contributed by atoms with E-state index in [1.54, 1.807) is 12.3 Å². The Bertz CT molecular complexity index is 576. The van der Waals surface area contributed by atoms with Gasteiger partial charge in [0.15, 0.2) is 0 Å². The van der Waals surface area contributed by atoms with Crippen LogP contribution in [0.1, 0.15) is 0 Å². The zero-order valence-electron chi connectivity index (χ0n) is 10.6. The van der Waals surface area contributed by atoms with Crippen LogP contribution in [0.5, 0.6) is 0 Å². The molecule has 0 aromatic carbocycles. The molecular weight excluding hydrogens is 278 g/mol. The quantitative estimate of drug-likeness (QED) is 0.796. The number of anilines is 2. The van der Waals surface area contributed by atoms with Crippen molar-refractivity contribution in [2.75, 3.05) is 36.9 Å². The summed E-state index contributed by atoms with van der Waals surface area (Å²) in [4.78, 5) is 22.8. The summed E-state index contributed by atoms with van der Waals surface area (Å²) in [5.41, 5.74) is 5.75. The van der Waals surface area contributed by atoms with Gasteiger partial charge in [-0.3, -0.25) is 0 Å². The van der Waals surface area contributed by atoms with Crippen molar-refractivity contribution in [1.29, 1.82) is 0 Å². The van der Waals surface area contributed by atoms with Gasteiger partial charge in [0, 0.05) is 19.3 Å². The van der Waals surface area contributed by atoms with Gasteiger partial charge in [0.25, 0.3) is 0 Å². The molecule has 1 aliphatic heterocycles. The van der Waals surface area contributed by atoms with Crippen LogP contribution < -0.4 is 10.6 Å². The average molecular weight is 291 g/mol. The van der Waals surface area contributed by atoms with E-state index in [-0.39, 0.29) is 5.95 Å². The van der Waals surface area contributed by atoms with Crippen molar-refractivity contribution < 1.29 is 4.74 Å². The van der Waals surface area contributed by atoms with Crippen molar-refractivity contribution in [3.8, 4) is 0 Å². The minimum atomic E-state index is 0.207. The van der Waals surface area contributed by atoms with E-state index >= 15 is 0 Å². The SMILES string of the molecule is Nc1nc(Sc2ccncn2)nc(N2CCOCC2)n1. The van der Waals surface area contributed by atoms with Gasteiger partial charge in [-0.25, -0.2) is 9.97 Å². The second-order valence-electron chi connectivity index (χ2n) is 4.03. The third-order valence-electron chi connectivity index (χ3n) is 2.66. The minimum absolute atomic E-state index is 0.207. The molecule has 0 atom stereocenters. The molecule has 1 fully saturated rings. The molecule has 0 unspecified atom stereocenters. The van der Waals surface area contributed by atoms with Crippen LogP contribution in [-0.4, -0.2) is 51.2 Å². The number of hydrogen-bond donors (Lipinski definition) is 1. The van der Waals surface area contributed by atoms with Gasteiger partial charge in [0.2, 0.25) is 17.1 Å². The molecular formula is C11H13N7OS. The van der Waals surface area contributed by atoms with Crippen LogP contribution in [0.2, 0.25) is 0 Å². The third kappa shape index (κ3) is 3.11. The molecule has 0 radical (unpaired) electrons. The van der Waals surface area contributed by atoms with E-state index in [1.165, 1.54) is 18.1 Å². The van der Waals surface area contributed by atoms with Crippen molar-refractivity contribution in [3.05, 3.63) is 18.6 Å². The fourth-order valence-electron chi connectivity index (χ4n) is 1.74. The number of hydrogen-bond acceptors (Lipinski definition) is 9. The fourth-order valence-corrected chi connectivity index (χ4v) is 2.43. The highest BCUT2D eigenvalue weighted by atomic mass is 32.2. The predicted octanol–water partition coefficient (Wildman–Crippen LogP) is 0.232. The third-order valence-corrected chi connectivity index (χ3v) is 3.48. The molecule has 0 bridgehead atoms. The van der Waals surface area contributed by atoms with Gasteiger partial charge < -0.3 is 15.4 Å². The first kappa shape index (κ1) is 13.0. The summed E-state index contributed by atoms with van der Waals surface area (Å²) < 4.78 is 5.31. The summed E-state index contributed by atoms with van der Waals surface area (Å²) in [6, 6.07) is 1.79. The van der Waals surface area contributed by atoms with Crippen molar-refractivity contribution >= 4 is 23.7 Å². The zero-order valence-corrected chi connectivity index (χ0v) is 11.5. The van der Waals surface area contributed by atoms with Crippen molar-refractivity contribution in [3.63, 3.8) is 0 Å². The molecule has 8 nitrogen and oxygen atoms in total. The van der Waals surface area contributed by atoms with Gasteiger partial charge in [-0.05, 0) is 17.8 Å². The molecule has 104 valence electrons. The summed E-state index contributed by atoms with van der Waals surface area (Å²) in [7, 11) is 0. The maximum Gasteiger partial charge on any atom is 0.231 e.